The van der Waals surface area contributed by atoms with Gasteiger partial charge in [-0.3, -0.25) is 18.1 Å². The van der Waals surface area contributed by atoms with Crippen LogP contribution in [0.3, 0.4) is 0 Å². The standard InChI is InChI=1S/C15H16N4O3S/c1-17-11-12(18(2)15(21)19(3)13(11)20)16-14(17)23(22)9-10-7-5-4-6-8-10/h4-8H,9H2,1-3H3. The van der Waals surface area contributed by atoms with Crippen LogP contribution in [0, 0.1) is 0 Å². The fraction of sp³-hybridized carbons (Fsp3) is 0.267. The van der Waals surface area contributed by atoms with Gasteiger partial charge in [-0.05, 0) is 5.56 Å². The van der Waals surface area contributed by atoms with E-state index in [0.717, 1.165) is 10.1 Å². The fourth-order valence-electron chi connectivity index (χ4n) is 2.49. The zero-order valence-electron chi connectivity index (χ0n) is 13.0. The minimum atomic E-state index is -1.42. The van der Waals surface area contributed by atoms with E-state index in [-0.39, 0.29) is 16.3 Å². The number of nitrogens with zero attached hydrogens (tertiary/aromatic N) is 4. The molecule has 2 heterocycles. The maximum absolute atomic E-state index is 12.6. The SMILES string of the molecule is Cn1c(=O)c2c(nc(S(=O)Cc3ccccc3)n2C)n(C)c1=O. The normalized spacial score (nSPS) is 12.7. The first-order valence-corrected chi connectivity index (χ1v) is 8.28. The van der Waals surface area contributed by atoms with Gasteiger partial charge < -0.3 is 4.57 Å². The topological polar surface area (TPSA) is 78.9 Å². The van der Waals surface area contributed by atoms with Gasteiger partial charge in [-0.2, -0.15) is 0 Å². The molecule has 0 fully saturated rings. The molecule has 0 spiro atoms. The largest absolute Gasteiger partial charge is 0.332 e. The summed E-state index contributed by atoms with van der Waals surface area (Å²) in [6.45, 7) is 0. The van der Waals surface area contributed by atoms with Crippen LogP contribution in [0.4, 0.5) is 0 Å². The molecule has 0 saturated heterocycles. The van der Waals surface area contributed by atoms with Crippen LogP contribution in [0.2, 0.25) is 0 Å². The Morgan fingerprint density at radius 3 is 2.30 bits per heavy atom. The number of benzene rings is 1. The van der Waals surface area contributed by atoms with Crippen molar-refractivity contribution in [1.82, 2.24) is 18.7 Å². The van der Waals surface area contributed by atoms with E-state index in [9.17, 15) is 13.8 Å². The van der Waals surface area contributed by atoms with Gasteiger partial charge >= 0.3 is 5.69 Å². The quantitative estimate of drug-likeness (QED) is 0.690. The molecule has 1 aromatic carbocycles. The number of hydrogen-bond donors (Lipinski definition) is 0. The van der Waals surface area contributed by atoms with Gasteiger partial charge in [0.25, 0.3) is 5.56 Å². The van der Waals surface area contributed by atoms with Gasteiger partial charge in [-0.15, -0.1) is 0 Å². The van der Waals surface area contributed by atoms with Gasteiger partial charge in [0.15, 0.2) is 11.2 Å². The van der Waals surface area contributed by atoms with E-state index in [4.69, 9.17) is 0 Å². The Kier molecular flexibility index (Phi) is 3.77. The summed E-state index contributed by atoms with van der Waals surface area (Å²) in [5.74, 6) is 0.298. The van der Waals surface area contributed by atoms with E-state index in [1.807, 2.05) is 30.3 Å². The summed E-state index contributed by atoms with van der Waals surface area (Å²) < 4.78 is 16.5. The van der Waals surface area contributed by atoms with E-state index >= 15 is 0 Å². The monoisotopic (exact) mass is 332 g/mol. The smallest absolute Gasteiger partial charge is 0.314 e. The summed E-state index contributed by atoms with van der Waals surface area (Å²) in [6, 6.07) is 9.41. The Bertz CT molecular complexity index is 1030. The Hall–Kier alpha value is -2.48. The fourth-order valence-corrected chi connectivity index (χ4v) is 3.70. The molecule has 1 unspecified atom stereocenters. The van der Waals surface area contributed by atoms with Crippen LogP contribution in [-0.2, 0) is 37.7 Å². The zero-order valence-corrected chi connectivity index (χ0v) is 13.8. The summed E-state index contributed by atoms with van der Waals surface area (Å²) in [4.78, 5) is 28.6. The van der Waals surface area contributed by atoms with Gasteiger partial charge in [0.05, 0.1) is 16.6 Å². The minimum absolute atomic E-state index is 0.247. The second kappa shape index (κ2) is 5.62. The zero-order chi connectivity index (χ0) is 16.7. The number of imidazole rings is 1. The van der Waals surface area contributed by atoms with Crippen LogP contribution in [-0.4, -0.2) is 22.9 Å². The van der Waals surface area contributed by atoms with Crippen LogP contribution in [0.5, 0.6) is 0 Å². The van der Waals surface area contributed by atoms with Crippen LogP contribution in [0.15, 0.2) is 45.1 Å². The van der Waals surface area contributed by atoms with Crippen LogP contribution in [0.1, 0.15) is 5.56 Å². The van der Waals surface area contributed by atoms with Crippen LogP contribution < -0.4 is 11.2 Å². The van der Waals surface area contributed by atoms with Gasteiger partial charge in [-0.25, -0.2) is 9.78 Å². The molecule has 0 aliphatic heterocycles. The van der Waals surface area contributed by atoms with Crippen molar-refractivity contribution in [2.24, 2.45) is 21.1 Å². The molecular weight excluding hydrogens is 316 g/mol. The Balaban J connectivity index is 2.17. The highest BCUT2D eigenvalue weighted by Gasteiger charge is 2.20. The van der Waals surface area contributed by atoms with E-state index in [1.165, 1.54) is 16.2 Å². The molecule has 0 radical (unpaired) electrons. The molecule has 0 saturated carbocycles. The molecule has 0 aliphatic rings. The molecule has 23 heavy (non-hydrogen) atoms. The van der Waals surface area contributed by atoms with Crippen molar-refractivity contribution in [2.45, 2.75) is 10.9 Å². The molecular formula is C15H16N4O3S. The highest BCUT2D eigenvalue weighted by atomic mass is 32.2. The van der Waals surface area contributed by atoms with Crippen molar-refractivity contribution >= 4 is 22.0 Å². The number of aryl methyl sites for hydroxylation is 2. The average Bonchev–Trinajstić information content (AvgIpc) is 2.89. The second-order valence-corrected chi connectivity index (χ2v) is 6.65. The van der Waals surface area contributed by atoms with Crippen molar-refractivity contribution in [3.05, 3.63) is 56.7 Å². The van der Waals surface area contributed by atoms with E-state index in [0.29, 0.717) is 5.75 Å². The lowest BCUT2D eigenvalue weighted by molar-refractivity contribution is 0.666. The predicted octanol–water partition coefficient (Wildman–Crippen LogP) is 0.278. The maximum Gasteiger partial charge on any atom is 0.332 e. The third-order valence-corrected chi connectivity index (χ3v) is 5.15. The predicted molar refractivity (Wildman–Crippen MR) is 87.8 cm³/mol. The Morgan fingerprint density at radius 2 is 1.65 bits per heavy atom. The third kappa shape index (κ3) is 2.44. The van der Waals surface area contributed by atoms with Crippen molar-refractivity contribution in [3.8, 4) is 0 Å². The molecule has 0 aliphatic carbocycles. The van der Waals surface area contributed by atoms with E-state index < -0.39 is 22.0 Å². The Morgan fingerprint density at radius 1 is 1.00 bits per heavy atom. The first kappa shape index (κ1) is 15.4. The van der Waals surface area contributed by atoms with Crippen LogP contribution in [0.25, 0.3) is 11.2 Å². The minimum Gasteiger partial charge on any atom is -0.314 e. The highest BCUT2D eigenvalue weighted by molar-refractivity contribution is 7.84. The number of aromatic nitrogens is 4. The molecule has 1 atom stereocenters. The van der Waals surface area contributed by atoms with Crippen molar-refractivity contribution < 1.29 is 4.21 Å². The Labute approximate surface area is 134 Å². The maximum atomic E-state index is 12.6. The van der Waals surface area contributed by atoms with Gasteiger partial charge in [0, 0.05) is 21.1 Å². The first-order chi connectivity index (χ1) is 10.9. The number of rotatable bonds is 3. The van der Waals surface area contributed by atoms with Gasteiger partial charge in [0.2, 0.25) is 5.16 Å². The van der Waals surface area contributed by atoms with Crippen molar-refractivity contribution in [3.63, 3.8) is 0 Å². The molecule has 0 bridgehead atoms. The molecule has 8 heteroatoms. The molecule has 0 amide bonds. The molecule has 7 nitrogen and oxygen atoms in total. The first-order valence-electron chi connectivity index (χ1n) is 6.96. The lowest BCUT2D eigenvalue weighted by Crippen LogP contribution is -2.37. The molecule has 120 valence electrons. The summed E-state index contributed by atoms with van der Waals surface area (Å²) in [5.41, 5.74) is 0.532. The molecule has 3 aromatic rings. The lowest BCUT2D eigenvalue weighted by atomic mass is 10.2. The molecule has 2 aromatic heterocycles. The summed E-state index contributed by atoms with van der Waals surface area (Å²) in [6.07, 6.45) is 0. The highest BCUT2D eigenvalue weighted by Crippen LogP contribution is 2.15. The van der Waals surface area contributed by atoms with Crippen molar-refractivity contribution in [1.29, 1.82) is 0 Å². The third-order valence-electron chi connectivity index (χ3n) is 3.78. The summed E-state index contributed by atoms with van der Waals surface area (Å²) in [5, 5.41) is 0.280. The lowest BCUT2D eigenvalue weighted by Gasteiger charge is -2.04. The van der Waals surface area contributed by atoms with Crippen molar-refractivity contribution in [2.75, 3.05) is 0 Å². The second-order valence-electron chi connectivity index (χ2n) is 5.31. The molecule has 3 rings (SSSR count). The summed E-state index contributed by atoms with van der Waals surface area (Å²) in [7, 11) is 3.18. The van der Waals surface area contributed by atoms with Crippen LogP contribution >= 0.6 is 0 Å². The van der Waals surface area contributed by atoms with Gasteiger partial charge in [0.1, 0.15) is 0 Å². The number of hydrogen-bond acceptors (Lipinski definition) is 4. The average molecular weight is 332 g/mol. The van der Waals surface area contributed by atoms with Gasteiger partial charge in [-0.1, -0.05) is 30.3 Å². The van der Waals surface area contributed by atoms with E-state index in [2.05, 4.69) is 4.98 Å². The van der Waals surface area contributed by atoms with E-state index in [1.54, 1.807) is 14.1 Å². The summed E-state index contributed by atoms with van der Waals surface area (Å²) >= 11 is 0. The number of fused-ring (bicyclic) bond motifs is 1. The molecule has 0 N–H and O–H groups in total.